The van der Waals surface area contributed by atoms with E-state index in [2.05, 4.69) is 6.92 Å². The van der Waals surface area contributed by atoms with Crippen molar-refractivity contribution in [3.05, 3.63) is 34.9 Å². The Kier molecular flexibility index (Phi) is 4.28. The van der Waals surface area contributed by atoms with E-state index in [-0.39, 0.29) is 5.91 Å². The predicted molar refractivity (Wildman–Crippen MR) is 75.3 cm³/mol. The van der Waals surface area contributed by atoms with E-state index in [0.717, 1.165) is 31.5 Å². The summed E-state index contributed by atoms with van der Waals surface area (Å²) in [5.41, 5.74) is 3.21. The van der Waals surface area contributed by atoms with Gasteiger partial charge in [0.05, 0.1) is 0 Å². The number of halogens is 1. The van der Waals surface area contributed by atoms with E-state index < -0.39 is 0 Å². The van der Waals surface area contributed by atoms with Crippen molar-refractivity contribution in [3.8, 4) is 0 Å². The number of hydrogen-bond acceptors (Lipinski definition) is 1. The van der Waals surface area contributed by atoms with Crippen molar-refractivity contribution in [2.24, 2.45) is 5.92 Å². The van der Waals surface area contributed by atoms with Crippen LogP contribution in [0.1, 0.15) is 34.3 Å². The van der Waals surface area contributed by atoms with Crippen LogP contribution in [0.3, 0.4) is 0 Å². The largest absolute Gasteiger partial charge is 0.339 e. The molecule has 1 heterocycles. The number of aryl methyl sites for hydroxylation is 2. The number of benzene rings is 1. The number of piperidine rings is 1. The van der Waals surface area contributed by atoms with Crippen LogP contribution in [0.25, 0.3) is 0 Å². The molecule has 3 heteroatoms. The summed E-state index contributed by atoms with van der Waals surface area (Å²) >= 11 is 5.86. The molecule has 0 aliphatic carbocycles. The smallest absolute Gasteiger partial charge is 0.253 e. The second-order valence-electron chi connectivity index (χ2n) is 5.19. The summed E-state index contributed by atoms with van der Waals surface area (Å²) < 4.78 is 0. The van der Waals surface area contributed by atoms with Gasteiger partial charge in [-0.3, -0.25) is 4.79 Å². The lowest BCUT2D eigenvalue weighted by Gasteiger charge is -2.31. The standard InChI is InChI=1S/C15H20ClNO/c1-11-3-4-14(9-12(11)2)15(18)17-7-5-13(10-16)6-8-17/h3-4,9,13H,5-8,10H2,1-2H3. The third-order valence-corrected chi connectivity index (χ3v) is 4.31. The summed E-state index contributed by atoms with van der Waals surface area (Å²) in [5.74, 6) is 1.45. The van der Waals surface area contributed by atoms with Gasteiger partial charge in [0.25, 0.3) is 5.91 Å². The SMILES string of the molecule is Cc1ccc(C(=O)N2CCC(CCl)CC2)cc1C. The Hall–Kier alpha value is -1.02. The van der Waals surface area contributed by atoms with Crippen LogP contribution < -0.4 is 0 Å². The highest BCUT2D eigenvalue weighted by molar-refractivity contribution is 6.18. The molecular formula is C15H20ClNO. The molecule has 1 aliphatic heterocycles. The minimum Gasteiger partial charge on any atom is -0.339 e. The zero-order chi connectivity index (χ0) is 13.1. The Morgan fingerprint density at radius 3 is 2.50 bits per heavy atom. The third-order valence-electron chi connectivity index (χ3n) is 3.87. The average Bonchev–Trinajstić information content (AvgIpc) is 2.41. The lowest BCUT2D eigenvalue weighted by molar-refractivity contribution is 0.0698. The molecule has 0 N–H and O–H groups in total. The van der Waals surface area contributed by atoms with Gasteiger partial charge in [0.2, 0.25) is 0 Å². The summed E-state index contributed by atoms with van der Waals surface area (Å²) in [7, 11) is 0. The van der Waals surface area contributed by atoms with E-state index in [1.165, 1.54) is 11.1 Å². The number of rotatable bonds is 2. The van der Waals surface area contributed by atoms with E-state index >= 15 is 0 Å². The fourth-order valence-corrected chi connectivity index (χ4v) is 2.66. The lowest BCUT2D eigenvalue weighted by atomic mass is 9.98. The van der Waals surface area contributed by atoms with Crippen LogP contribution in [0.2, 0.25) is 0 Å². The van der Waals surface area contributed by atoms with E-state index in [4.69, 9.17) is 11.6 Å². The maximum Gasteiger partial charge on any atom is 0.253 e. The van der Waals surface area contributed by atoms with Gasteiger partial charge >= 0.3 is 0 Å². The molecule has 2 rings (SSSR count). The Labute approximate surface area is 114 Å². The normalized spacial score (nSPS) is 16.9. The molecule has 1 amide bonds. The van der Waals surface area contributed by atoms with Crippen LogP contribution in [-0.2, 0) is 0 Å². The van der Waals surface area contributed by atoms with E-state index in [1.54, 1.807) is 0 Å². The molecule has 0 spiro atoms. The highest BCUT2D eigenvalue weighted by Gasteiger charge is 2.23. The number of amides is 1. The van der Waals surface area contributed by atoms with Crippen molar-refractivity contribution in [1.82, 2.24) is 4.90 Å². The van der Waals surface area contributed by atoms with E-state index in [1.807, 2.05) is 30.0 Å². The van der Waals surface area contributed by atoms with Gasteiger partial charge in [0.15, 0.2) is 0 Å². The highest BCUT2D eigenvalue weighted by Crippen LogP contribution is 2.20. The van der Waals surface area contributed by atoms with Crippen LogP contribution in [0.15, 0.2) is 18.2 Å². The molecule has 1 saturated heterocycles. The fourth-order valence-electron chi connectivity index (χ4n) is 2.35. The van der Waals surface area contributed by atoms with Crippen molar-refractivity contribution in [1.29, 1.82) is 0 Å². The van der Waals surface area contributed by atoms with Gasteiger partial charge in [-0.2, -0.15) is 0 Å². The minimum absolute atomic E-state index is 0.158. The van der Waals surface area contributed by atoms with Gasteiger partial charge in [0.1, 0.15) is 0 Å². The Balaban J connectivity index is 2.05. The number of likely N-dealkylation sites (tertiary alicyclic amines) is 1. The maximum atomic E-state index is 12.4. The van der Waals surface area contributed by atoms with Gasteiger partial charge < -0.3 is 4.90 Å². The van der Waals surface area contributed by atoms with E-state index in [9.17, 15) is 4.79 Å². The quantitative estimate of drug-likeness (QED) is 0.751. The molecule has 1 aromatic rings. The van der Waals surface area contributed by atoms with Gasteiger partial charge in [-0.1, -0.05) is 6.07 Å². The van der Waals surface area contributed by atoms with Crippen LogP contribution in [0, 0.1) is 19.8 Å². The Morgan fingerprint density at radius 2 is 1.94 bits per heavy atom. The molecule has 0 radical (unpaired) electrons. The number of carbonyl (C=O) groups excluding carboxylic acids is 1. The molecule has 0 aromatic heterocycles. The molecule has 0 unspecified atom stereocenters. The molecule has 0 atom stereocenters. The molecule has 1 aliphatic rings. The average molecular weight is 266 g/mol. The first-order valence-electron chi connectivity index (χ1n) is 6.54. The number of alkyl halides is 1. The van der Waals surface area contributed by atoms with Crippen LogP contribution >= 0.6 is 11.6 Å². The van der Waals surface area contributed by atoms with Crippen molar-refractivity contribution >= 4 is 17.5 Å². The van der Waals surface area contributed by atoms with Gasteiger partial charge in [-0.25, -0.2) is 0 Å². The summed E-state index contributed by atoms with van der Waals surface area (Å²) in [5, 5.41) is 0. The molecule has 18 heavy (non-hydrogen) atoms. The lowest BCUT2D eigenvalue weighted by Crippen LogP contribution is -2.38. The first kappa shape index (κ1) is 13.4. The molecule has 1 aromatic carbocycles. The number of nitrogens with zero attached hydrogens (tertiary/aromatic N) is 1. The third kappa shape index (κ3) is 2.86. The van der Waals surface area contributed by atoms with Crippen molar-refractivity contribution in [2.45, 2.75) is 26.7 Å². The predicted octanol–water partition coefficient (Wildman–Crippen LogP) is 3.39. The number of hydrogen-bond donors (Lipinski definition) is 0. The second kappa shape index (κ2) is 5.75. The molecule has 98 valence electrons. The molecule has 1 fully saturated rings. The van der Waals surface area contributed by atoms with Crippen LogP contribution in [-0.4, -0.2) is 29.8 Å². The van der Waals surface area contributed by atoms with Crippen molar-refractivity contribution in [3.63, 3.8) is 0 Å². The molecule has 2 nitrogen and oxygen atoms in total. The van der Waals surface area contributed by atoms with Crippen LogP contribution in [0.5, 0.6) is 0 Å². The Morgan fingerprint density at radius 1 is 1.28 bits per heavy atom. The van der Waals surface area contributed by atoms with Crippen molar-refractivity contribution in [2.75, 3.05) is 19.0 Å². The zero-order valence-corrected chi connectivity index (χ0v) is 11.8. The zero-order valence-electron chi connectivity index (χ0n) is 11.1. The summed E-state index contributed by atoms with van der Waals surface area (Å²) in [6.07, 6.45) is 2.06. The first-order chi connectivity index (χ1) is 8.61. The monoisotopic (exact) mass is 265 g/mol. The summed E-state index contributed by atoms with van der Waals surface area (Å²) in [6, 6.07) is 5.94. The topological polar surface area (TPSA) is 20.3 Å². The fraction of sp³-hybridized carbons (Fsp3) is 0.533. The van der Waals surface area contributed by atoms with Crippen molar-refractivity contribution < 1.29 is 4.79 Å². The molecule has 0 saturated carbocycles. The maximum absolute atomic E-state index is 12.4. The molecule has 0 bridgehead atoms. The van der Waals surface area contributed by atoms with Gasteiger partial charge in [0, 0.05) is 24.5 Å². The molecular weight excluding hydrogens is 246 g/mol. The van der Waals surface area contributed by atoms with E-state index in [0.29, 0.717) is 11.8 Å². The first-order valence-corrected chi connectivity index (χ1v) is 7.07. The van der Waals surface area contributed by atoms with Crippen LogP contribution in [0.4, 0.5) is 0 Å². The second-order valence-corrected chi connectivity index (χ2v) is 5.50. The summed E-state index contributed by atoms with van der Waals surface area (Å²) in [6.45, 7) is 5.79. The minimum atomic E-state index is 0.158. The van der Waals surface area contributed by atoms with Gasteiger partial charge in [-0.15, -0.1) is 11.6 Å². The van der Waals surface area contributed by atoms with Gasteiger partial charge in [-0.05, 0) is 55.9 Å². The Bertz CT molecular complexity index is 436. The summed E-state index contributed by atoms with van der Waals surface area (Å²) in [4.78, 5) is 14.3. The number of carbonyl (C=O) groups is 1. The highest BCUT2D eigenvalue weighted by atomic mass is 35.5.